The fourth-order valence-electron chi connectivity index (χ4n) is 9.27. The van der Waals surface area contributed by atoms with E-state index in [0.717, 1.165) is 73.7 Å². The zero-order chi connectivity index (χ0) is 57.9. The molecule has 4 aromatic carbocycles. The number of para-hydroxylation sites is 1. The Bertz CT molecular complexity index is 2980. The van der Waals surface area contributed by atoms with Gasteiger partial charge in [-0.2, -0.15) is 10.4 Å². The van der Waals surface area contributed by atoms with E-state index < -0.39 is 41.9 Å². The lowest BCUT2D eigenvalue weighted by molar-refractivity contribution is -0.141. The monoisotopic (exact) mass is 1140 g/mol. The van der Waals surface area contributed by atoms with Crippen LogP contribution in [0.15, 0.2) is 121 Å². The zero-order valence-corrected chi connectivity index (χ0v) is 46.9. The number of unbranched alkanes of at least 4 members (excludes halogenated alkanes) is 6. The standard InChI is InChI=1S/C63H70N4O14S/c1-3-57(68)76-40-13-7-5-11-38-74-48-24-18-44(19-25-48)59(70)78-50-26-20-46(21-27-50)61(72)81-53-34-35-54(47(42-53)43-65-67(37-15-36-64)63-66-55-16-9-10-17-56(55)82-63)62(73)80-51-28-22-45(23-29-51)60(71)79-52-32-30-49(31-33-52)75-39-12-6-8-14-41-77-58(69)4-2/h3-4,9-10,16-19,24-25,30-35,42-43,45-46,50-51H,1-2,5-8,11-15,20-23,26-29,37-41H2/b65-43+/t45-,46-,50-,51-. The van der Waals surface area contributed by atoms with Crippen LogP contribution in [0.2, 0.25) is 0 Å². The number of hydrogen-bond donors (Lipinski definition) is 0. The first kappa shape index (κ1) is 61.3. The van der Waals surface area contributed by atoms with E-state index in [-0.39, 0.29) is 42.3 Å². The van der Waals surface area contributed by atoms with Crippen LogP contribution in [0.25, 0.3) is 10.2 Å². The van der Waals surface area contributed by atoms with Crippen LogP contribution in [0, 0.1) is 23.2 Å². The molecule has 18 nitrogen and oxygen atoms in total. The van der Waals surface area contributed by atoms with Crippen molar-refractivity contribution in [3.8, 4) is 29.1 Å². The maximum Gasteiger partial charge on any atom is 0.339 e. The minimum Gasteiger partial charge on any atom is -0.494 e. The molecule has 1 heterocycles. The third-order valence-corrected chi connectivity index (χ3v) is 14.9. The van der Waals surface area contributed by atoms with Gasteiger partial charge in [0.15, 0.2) is 0 Å². The largest absolute Gasteiger partial charge is 0.494 e. The highest BCUT2D eigenvalue weighted by atomic mass is 32.1. The lowest BCUT2D eigenvalue weighted by atomic mass is 9.87. The molecule has 0 amide bonds. The summed E-state index contributed by atoms with van der Waals surface area (Å²) in [6.07, 6.45) is 13.5. The molecule has 0 spiro atoms. The molecule has 0 unspecified atom stereocenters. The van der Waals surface area contributed by atoms with E-state index >= 15 is 0 Å². The number of nitriles is 1. The number of nitrogens with zero attached hydrogens (tertiary/aromatic N) is 4. The number of aromatic nitrogens is 1. The van der Waals surface area contributed by atoms with Gasteiger partial charge in [-0.15, -0.1) is 0 Å². The van der Waals surface area contributed by atoms with Crippen LogP contribution >= 0.6 is 11.3 Å². The van der Waals surface area contributed by atoms with Gasteiger partial charge in [-0.25, -0.2) is 29.2 Å². The minimum atomic E-state index is -0.620. The summed E-state index contributed by atoms with van der Waals surface area (Å²) < 4.78 is 46.1. The highest BCUT2D eigenvalue weighted by Gasteiger charge is 2.32. The van der Waals surface area contributed by atoms with Crippen molar-refractivity contribution in [2.45, 2.75) is 121 Å². The van der Waals surface area contributed by atoms with Crippen LogP contribution in [-0.2, 0) is 38.1 Å². The molecule has 2 aliphatic rings. The smallest absolute Gasteiger partial charge is 0.339 e. The molecule has 0 radical (unpaired) electrons. The molecular weight excluding hydrogens is 1070 g/mol. The molecule has 432 valence electrons. The number of fused-ring (bicyclic) bond motifs is 1. The van der Waals surface area contributed by atoms with Crippen LogP contribution in [0.5, 0.6) is 23.0 Å². The molecule has 2 saturated carbocycles. The van der Waals surface area contributed by atoms with Gasteiger partial charge in [-0.3, -0.25) is 9.59 Å². The Morgan fingerprint density at radius 1 is 0.610 bits per heavy atom. The summed E-state index contributed by atoms with van der Waals surface area (Å²) in [6, 6.07) is 28.1. The van der Waals surface area contributed by atoms with Crippen molar-refractivity contribution in [1.29, 1.82) is 5.26 Å². The fourth-order valence-corrected chi connectivity index (χ4v) is 10.2. The quantitative estimate of drug-likeness (QED) is 0.00764. The highest BCUT2D eigenvalue weighted by Crippen LogP contribution is 2.33. The summed E-state index contributed by atoms with van der Waals surface area (Å²) in [4.78, 5) is 81.1. The van der Waals surface area contributed by atoms with Crippen molar-refractivity contribution < 1.29 is 66.7 Å². The summed E-state index contributed by atoms with van der Waals surface area (Å²) in [5.74, 6) is -1.70. The average molecular weight is 1140 g/mol. The second kappa shape index (κ2) is 32.8. The van der Waals surface area contributed by atoms with Crippen LogP contribution < -0.4 is 24.0 Å². The Morgan fingerprint density at radius 2 is 1.11 bits per heavy atom. The summed E-state index contributed by atoms with van der Waals surface area (Å²) in [5.41, 5.74) is 1.64. The summed E-state index contributed by atoms with van der Waals surface area (Å²) >= 11 is 1.41. The minimum absolute atomic E-state index is 0.145. The van der Waals surface area contributed by atoms with Crippen molar-refractivity contribution >= 4 is 68.7 Å². The van der Waals surface area contributed by atoms with Gasteiger partial charge < -0.3 is 37.9 Å². The number of carbonyl (C=O) groups excluding carboxylic acids is 6. The fraction of sp³-hybridized carbons (Fsp3) is 0.413. The SMILES string of the molecule is C=CC(=O)OCCCCCCOc1ccc(OC(=O)[C@H]2CC[C@H](OC(=O)c3ccc(OC(=O)[C@H]4CC[C@H](OC(=O)c5ccc(OCCCCCCOC(=O)C=C)cc5)CC4)cc3/C=N/N(CCC#N)c3nc4ccccc4s3)CC2)cc1. The highest BCUT2D eigenvalue weighted by molar-refractivity contribution is 7.22. The second-order valence-electron chi connectivity index (χ2n) is 19.9. The topological polar surface area (TPSA) is 229 Å². The van der Waals surface area contributed by atoms with Gasteiger partial charge in [0.25, 0.3) is 0 Å². The van der Waals surface area contributed by atoms with Crippen molar-refractivity contribution in [1.82, 2.24) is 4.98 Å². The van der Waals surface area contributed by atoms with Gasteiger partial charge in [-0.05, 0) is 182 Å². The summed E-state index contributed by atoms with van der Waals surface area (Å²) in [7, 11) is 0. The maximum absolute atomic E-state index is 14.1. The van der Waals surface area contributed by atoms with Gasteiger partial charge >= 0.3 is 35.8 Å². The van der Waals surface area contributed by atoms with E-state index in [0.29, 0.717) is 111 Å². The van der Waals surface area contributed by atoms with Gasteiger partial charge in [0.1, 0.15) is 35.2 Å². The zero-order valence-electron chi connectivity index (χ0n) is 46.1. The molecule has 0 N–H and O–H groups in total. The molecule has 0 aliphatic heterocycles. The van der Waals surface area contributed by atoms with E-state index in [2.05, 4.69) is 19.2 Å². The third-order valence-electron chi connectivity index (χ3n) is 13.9. The Labute approximate surface area is 482 Å². The number of ether oxygens (including phenoxy) is 8. The van der Waals surface area contributed by atoms with Crippen molar-refractivity contribution in [2.24, 2.45) is 16.9 Å². The van der Waals surface area contributed by atoms with Crippen molar-refractivity contribution in [3.05, 3.63) is 133 Å². The number of thiazole rings is 1. The molecule has 0 atom stereocenters. The van der Waals surface area contributed by atoms with Crippen LogP contribution in [0.4, 0.5) is 5.13 Å². The number of hydrazone groups is 1. The van der Waals surface area contributed by atoms with E-state index in [4.69, 9.17) is 48.0 Å². The first-order valence-electron chi connectivity index (χ1n) is 28.1. The molecular formula is C63H70N4O14S. The van der Waals surface area contributed by atoms with Gasteiger partial charge in [0.2, 0.25) is 5.13 Å². The number of rotatable bonds is 31. The lowest BCUT2D eigenvalue weighted by Crippen LogP contribution is -2.30. The average Bonchev–Trinajstić information content (AvgIpc) is 4.14. The molecule has 5 aromatic rings. The second-order valence-corrected chi connectivity index (χ2v) is 20.9. The predicted molar refractivity (Wildman–Crippen MR) is 308 cm³/mol. The van der Waals surface area contributed by atoms with Crippen LogP contribution in [0.3, 0.4) is 0 Å². The van der Waals surface area contributed by atoms with Crippen LogP contribution in [0.1, 0.15) is 135 Å². The Morgan fingerprint density at radius 3 is 1.66 bits per heavy atom. The summed E-state index contributed by atoms with van der Waals surface area (Å²) in [5, 5.41) is 16.4. The molecule has 7 rings (SSSR count). The lowest BCUT2D eigenvalue weighted by Gasteiger charge is -2.27. The number of hydrogen-bond acceptors (Lipinski definition) is 19. The predicted octanol–water partition coefficient (Wildman–Crippen LogP) is 12.0. The number of carbonyl (C=O) groups is 6. The normalized spacial score (nSPS) is 16.7. The number of benzene rings is 4. The molecule has 1 aromatic heterocycles. The Balaban J connectivity index is 0.897. The molecule has 2 aliphatic carbocycles. The number of esters is 6. The number of anilines is 1. The van der Waals surface area contributed by atoms with Gasteiger partial charge in [0.05, 0.1) is 84.9 Å². The Kier molecular flexibility index (Phi) is 24.5. The van der Waals surface area contributed by atoms with Crippen LogP contribution in [-0.4, -0.2) is 92.2 Å². The first-order chi connectivity index (χ1) is 40.0. The Hall–Kier alpha value is -8.37. The molecule has 82 heavy (non-hydrogen) atoms. The van der Waals surface area contributed by atoms with Gasteiger partial charge in [-0.1, -0.05) is 36.6 Å². The van der Waals surface area contributed by atoms with E-state index in [1.54, 1.807) is 59.6 Å². The summed E-state index contributed by atoms with van der Waals surface area (Å²) in [6.45, 7) is 8.75. The molecule has 0 saturated heterocycles. The van der Waals surface area contributed by atoms with E-state index in [1.165, 1.54) is 29.7 Å². The van der Waals surface area contributed by atoms with Crippen molar-refractivity contribution in [2.75, 3.05) is 38.0 Å². The molecule has 0 bridgehead atoms. The van der Waals surface area contributed by atoms with Gasteiger partial charge in [0, 0.05) is 17.7 Å². The molecule has 2 fully saturated rings. The van der Waals surface area contributed by atoms with Crippen molar-refractivity contribution in [3.63, 3.8) is 0 Å². The first-order valence-corrected chi connectivity index (χ1v) is 28.9. The third kappa shape index (κ3) is 19.7. The maximum atomic E-state index is 14.1. The van der Waals surface area contributed by atoms with E-state index in [9.17, 15) is 34.0 Å². The molecule has 19 heteroatoms. The van der Waals surface area contributed by atoms with E-state index in [1.807, 2.05) is 24.3 Å².